The highest BCUT2D eigenvalue weighted by atomic mass is 32.2. The van der Waals surface area contributed by atoms with Gasteiger partial charge in [0, 0.05) is 24.8 Å². The molecule has 0 aliphatic carbocycles. The van der Waals surface area contributed by atoms with Gasteiger partial charge < -0.3 is 10.8 Å². The number of carboxylic acids is 1. The maximum atomic E-state index is 12.0. The Hall–Kier alpha value is -3.04. The van der Waals surface area contributed by atoms with Gasteiger partial charge in [-0.1, -0.05) is 0 Å². The van der Waals surface area contributed by atoms with Crippen LogP contribution in [-0.2, 0) is 15.6 Å². The van der Waals surface area contributed by atoms with Crippen LogP contribution in [0.2, 0.25) is 0 Å². The second kappa shape index (κ2) is 6.60. The van der Waals surface area contributed by atoms with Crippen molar-refractivity contribution < 1.29 is 18.3 Å². The fraction of sp³-hybridized carbons (Fsp3) is 0.400. The van der Waals surface area contributed by atoms with E-state index in [0.717, 1.165) is 6.33 Å². The molecule has 3 heterocycles. The topological polar surface area (TPSA) is 168 Å². The number of nitrogens with two attached hydrogens (primary N) is 1. The third-order valence-corrected chi connectivity index (χ3v) is 6.31. The lowest BCUT2D eigenvalue weighted by molar-refractivity contribution is 0.0698. The molecule has 2 aromatic rings. The molecule has 0 aromatic carbocycles. The van der Waals surface area contributed by atoms with Crippen LogP contribution in [0.15, 0.2) is 18.7 Å². The van der Waals surface area contributed by atoms with Gasteiger partial charge in [-0.15, -0.1) is 0 Å². The summed E-state index contributed by atoms with van der Waals surface area (Å²) in [6.45, 7) is 1.80. The quantitative estimate of drug-likeness (QED) is 0.682. The van der Waals surface area contributed by atoms with Gasteiger partial charge in [-0.05, 0) is 6.92 Å². The lowest BCUT2D eigenvalue weighted by Gasteiger charge is -2.47. The van der Waals surface area contributed by atoms with Gasteiger partial charge in [0.25, 0.3) is 0 Å². The molecule has 2 aromatic heterocycles. The molecule has 0 spiro atoms. The van der Waals surface area contributed by atoms with Gasteiger partial charge in [0.1, 0.15) is 23.2 Å². The first-order chi connectivity index (χ1) is 12.7. The van der Waals surface area contributed by atoms with Crippen LogP contribution >= 0.6 is 0 Å². The van der Waals surface area contributed by atoms with E-state index in [-0.39, 0.29) is 42.3 Å². The molecule has 1 fully saturated rings. The van der Waals surface area contributed by atoms with E-state index in [1.165, 1.54) is 15.2 Å². The molecule has 0 atom stereocenters. The van der Waals surface area contributed by atoms with Crippen LogP contribution in [0.3, 0.4) is 0 Å². The second-order valence-corrected chi connectivity index (χ2v) is 8.45. The predicted octanol–water partition coefficient (Wildman–Crippen LogP) is -0.105. The van der Waals surface area contributed by atoms with Gasteiger partial charge in [-0.2, -0.15) is 14.7 Å². The summed E-state index contributed by atoms with van der Waals surface area (Å²) in [5.74, 6) is -1.47. The van der Waals surface area contributed by atoms with Crippen molar-refractivity contribution in [1.29, 1.82) is 5.26 Å². The first kappa shape index (κ1) is 18.7. The number of aromatic nitrogens is 4. The van der Waals surface area contributed by atoms with Crippen molar-refractivity contribution in [3.05, 3.63) is 24.3 Å². The Morgan fingerprint density at radius 3 is 2.74 bits per heavy atom. The van der Waals surface area contributed by atoms with Gasteiger partial charge in [0.05, 0.1) is 30.1 Å². The lowest BCUT2D eigenvalue weighted by atomic mass is 9.89. The summed E-state index contributed by atoms with van der Waals surface area (Å²) >= 11 is 0. The Morgan fingerprint density at radius 1 is 1.44 bits per heavy atom. The molecule has 0 radical (unpaired) electrons. The number of hydrogen-bond acceptors (Lipinski definition) is 8. The summed E-state index contributed by atoms with van der Waals surface area (Å²) in [4.78, 5) is 19.1. The molecule has 0 unspecified atom stereocenters. The minimum atomic E-state index is -3.36. The van der Waals surface area contributed by atoms with Crippen molar-refractivity contribution in [2.75, 3.05) is 24.6 Å². The van der Waals surface area contributed by atoms with E-state index in [1.54, 1.807) is 13.1 Å². The average molecular weight is 391 g/mol. The summed E-state index contributed by atoms with van der Waals surface area (Å²) in [5.41, 5.74) is 5.08. The first-order valence-electron chi connectivity index (χ1n) is 7.98. The monoisotopic (exact) mass is 391 g/mol. The van der Waals surface area contributed by atoms with Crippen molar-refractivity contribution in [3.8, 4) is 17.3 Å². The fourth-order valence-corrected chi connectivity index (χ4v) is 4.25. The van der Waals surface area contributed by atoms with E-state index in [0.29, 0.717) is 5.56 Å². The summed E-state index contributed by atoms with van der Waals surface area (Å²) in [6, 6.07) is 2.06. The average Bonchev–Trinajstić information content (AvgIpc) is 3.07. The number of anilines is 1. The number of rotatable bonds is 6. The number of carbonyl (C=O) groups is 1. The zero-order valence-electron chi connectivity index (χ0n) is 14.4. The molecular formula is C15H17N7O4S. The van der Waals surface area contributed by atoms with Gasteiger partial charge in [-0.25, -0.2) is 23.2 Å². The smallest absolute Gasteiger partial charge is 0.341 e. The number of aromatic carboxylic acids is 1. The summed E-state index contributed by atoms with van der Waals surface area (Å²) in [5, 5.41) is 22.8. The van der Waals surface area contributed by atoms with Crippen molar-refractivity contribution >= 4 is 21.8 Å². The third kappa shape index (κ3) is 3.11. The van der Waals surface area contributed by atoms with Gasteiger partial charge in [0.15, 0.2) is 0 Å². The Morgan fingerprint density at radius 2 is 2.15 bits per heavy atom. The minimum absolute atomic E-state index is 0.0256. The largest absolute Gasteiger partial charge is 0.477 e. The number of sulfonamides is 1. The number of nitrogens with zero attached hydrogens (tertiary/aromatic N) is 6. The summed E-state index contributed by atoms with van der Waals surface area (Å²) < 4.78 is 26.8. The lowest BCUT2D eigenvalue weighted by Crippen LogP contribution is -2.64. The van der Waals surface area contributed by atoms with Crippen LogP contribution in [-0.4, -0.2) is 62.4 Å². The standard InChI is InChI=1S/C15H17N7O4S/c1-2-27(25,26)21-7-15(8-21,3-4-16)22-6-10(5-20-22)12-11(14(23)24)13(17)19-9-18-12/h5-6,9H,2-3,7-8H2,1H3,(H,23,24)(H2,17,18,19). The third-order valence-electron chi connectivity index (χ3n) is 4.54. The van der Waals surface area contributed by atoms with Crippen molar-refractivity contribution in [1.82, 2.24) is 24.1 Å². The normalized spacial score (nSPS) is 16.4. The maximum absolute atomic E-state index is 12.0. The molecule has 0 saturated carbocycles. The van der Waals surface area contributed by atoms with Crippen molar-refractivity contribution in [2.45, 2.75) is 18.9 Å². The van der Waals surface area contributed by atoms with E-state index >= 15 is 0 Å². The fourth-order valence-electron chi connectivity index (χ4n) is 3.01. The van der Waals surface area contributed by atoms with Gasteiger partial charge >= 0.3 is 5.97 Å². The molecular weight excluding hydrogens is 374 g/mol. The molecule has 11 nitrogen and oxygen atoms in total. The van der Waals surface area contributed by atoms with E-state index in [9.17, 15) is 23.6 Å². The Bertz CT molecular complexity index is 1030. The van der Waals surface area contributed by atoms with Gasteiger partial charge in [0.2, 0.25) is 10.0 Å². The zero-order valence-corrected chi connectivity index (χ0v) is 15.2. The number of hydrogen-bond donors (Lipinski definition) is 2. The van der Waals surface area contributed by atoms with Crippen LogP contribution in [0.4, 0.5) is 5.82 Å². The molecule has 1 aliphatic rings. The number of nitrogen functional groups attached to an aromatic ring is 1. The van der Waals surface area contributed by atoms with Crippen LogP contribution in [0.1, 0.15) is 23.7 Å². The first-order valence-corrected chi connectivity index (χ1v) is 9.59. The number of carboxylic acid groups (broad SMARTS) is 1. The zero-order chi connectivity index (χ0) is 19.8. The van der Waals surface area contributed by atoms with Gasteiger partial charge in [-0.3, -0.25) is 4.68 Å². The highest BCUT2D eigenvalue weighted by molar-refractivity contribution is 7.89. The molecule has 142 valence electrons. The van der Waals surface area contributed by atoms with Crippen LogP contribution in [0.5, 0.6) is 0 Å². The van der Waals surface area contributed by atoms with Crippen molar-refractivity contribution in [2.24, 2.45) is 0 Å². The maximum Gasteiger partial charge on any atom is 0.341 e. The summed E-state index contributed by atoms with van der Waals surface area (Å²) in [6.07, 6.45) is 4.16. The van der Waals surface area contributed by atoms with E-state index in [4.69, 9.17) is 5.73 Å². The van der Waals surface area contributed by atoms with E-state index in [1.807, 2.05) is 0 Å². The van der Waals surface area contributed by atoms with Crippen LogP contribution < -0.4 is 5.73 Å². The second-order valence-electron chi connectivity index (χ2n) is 6.19. The van der Waals surface area contributed by atoms with Crippen LogP contribution in [0, 0.1) is 11.3 Å². The van der Waals surface area contributed by atoms with Crippen LogP contribution in [0.25, 0.3) is 11.3 Å². The molecule has 3 N–H and O–H groups in total. The van der Waals surface area contributed by atoms with E-state index in [2.05, 4.69) is 21.1 Å². The predicted molar refractivity (Wildman–Crippen MR) is 93.9 cm³/mol. The van der Waals surface area contributed by atoms with Crippen molar-refractivity contribution in [3.63, 3.8) is 0 Å². The molecule has 0 bridgehead atoms. The molecule has 12 heteroatoms. The highest BCUT2D eigenvalue weighted by Gasteiger charge is 2.49. The Balaban J connectivity index is 1.97. The summed E-state index contributed by atoms with van der Waals surface area (Å²) in [7, 11) is -3.36. The Kier molecular flexibility index (Phi) is 4.58. The highest BCUT2D eigenvalue weighted by Crippen LogP contribution is 2.35. The molecule has 1 saturated heterocycles. The minimum Gasteiger partial charge on any atom is -0.477 e. The van der Waals surface area contributed by atoms with E-state index < -0.39 is 21.5 Å². The number of nitriles is 1. The molecule has 3 rings (SSSR count). The SMILES string of the molecule is CCS(=O)(=O)N1CC(CC#N)(n2cc(-c3ncnc(N)c3C(=O)O)cn2)C1. The molecule has 0 amide bonds. The molecule has 1 aliphatic heterocycles. The molecule has 27 heavy (non-hydrogen) atoms. The Labute approximate surface area is 155 Å².